The van der Waals surface area contributed by atoms with Crippen molar-refractivity contribution in [1.82, 2.24) is 19.7 Å². The number of thioether (sulfide) groups is 1. The molecule has 2 aromatic heterocycles. The van der Waals surface area contributed by atoms with Crippen LogP contribution in [0.5, 0.6) is 5.88 Å². The molecule has 0 saturated heterocycles. The topological polar surface area (TPSA) is 100 Å². The van der Waals surface area contributed by atoms with Gasteiger partial charge in [0.15, 0.2) is 0 Å². The molecule has 1 aliphatic carbocycles. The molecular formula is C27H37N5O4SSi. The van der Waals surface area contributed by atoms with Crippen molar-refractivity contribution < 1.29 is 19.0 Å². The van der Waals surface area contributed by atoms with Gasteiger partial charge in [-0.15, -0.1) is 5.10 Å². The van der Waals surface area contributed by atoms with Crippen LogP contribution < -0.4 is 10.1 Å². The molecule has 0 amide bonds. The third-order valence-corrected chi connectivity index (χ3v) is 8.95. The molecule has 1 aliphatic rings. The Labute approximate surface area is 229 Å². The van der Waals surface area contributed by atoms with Crippen molar-refractivity contribution in [3.8, 4) is 17.0 Å². The summed E-state index contributed by atoms with van der Waals surface area (Å²) in [6, 6.07) is 9.38. The highest BCUT2D eigenvalue weighted by Gasteiger charge is 2.22. The first-order chi connectivity index (χ1) is 18.3. The van der Waals surface area contributed by atoms with Gasteiger partial charge in [0, 0.05) is 38.3 Å². The predicted octanol–water partition coefficient (Wildman–Crippen LogP) is 5.55. The van der Waals surface area contributed by atoms with Crippen LogP contribution in [0.1, 0.15) is 24.0 Å². The highest BCUT2D eigenvalue weighted by molar-refractivity contribution is 7.99. The van der Waals surface area contributed by atoms with E-state index in [1.54, 1.807) is 18.0 Å². The van der Waals surface area contributed by atoms with Crippen LogP contribution >= 0.6 is 11.8 Å². The van der Waals surface area contributed by atoms with Gasteiger partial charge in [-0.1, -0.05) is 43.5 Å². The normalized spacial score (nSPS) is 12.9. The zero-order valence-electron chi connectivity index (χ0n) is 22.9. The number of carbonyl (C=O) groups excluding carboxylic acids is 1. The predicted molar refractivity (Wildman–Crippen MR) is 153 cm³/mol. The summed E-state index contributed by atoms with van der Waals surface area (Å²) in [6.07, 6.45) is 5.23. The number of hydrogen-bond donors (Lipinski definition) is 1. The van der Waals surface area contributed by atoms with Gasteiger partial charge in [-0.05, 0) is 48.1 Å². The second-order valence-corrected chi connectivity index (χ2v) is 17.1. The number of fused-ring (bicyclic) bond motifs is 1. The van der Waals surface area contributed by atoms with Gasteiger partial charge < -0.3 is 19.5 Å². The van der Waals surface area contributed by atoms with E-state index in [1.165, 1.54) is 30.0 Å². The number of aryl methyl sites for hydroxylation is 1. The standard InChI is InChI=1S/C27H37N5O4SSi/c1-34-23-17-20(11-13-28-23)22-10-9-19-7-6-8-21(19)25(22)29-26-30-27(37-15-12-24(33)35-2)31-32(26)18-36-14-16-38(3,4)5/h9-11,13,17H,6-8,12,14-16,18H2,1-5H3,(H,29,30,31). The zero-order valence-corrected chi connectivity index (χ0v) is 24.7. The van der Waals surface area contributed by atoms with E-state index in [2.05, 4.69) is 42.1 Å². The van der Waals surface area contributed by atoms with Crippen LogP contribution in [0, 0.1) is 0 Å². The van der Waals surface area contributed by atoms with Gasteiger partial charge in [-0.25, -0.2) is 9.67 Å². The van der Waals surface area contributed by atoms with Gasteiger partial charge in [0.2, 0.25) is 17.0 Å². The Balaban J connectivity index is 1.64. The summed E-state index contributed by atoms with van der Waals surface area (Å²) in [5.41, 5.74) is 5.74. The van der Waals surface area contributed by atoms with Gasteiger partial charge in [0.25, 0.3) is 0 Å². The number of benzene rings is 1. The smallest absolute Gasteiger partial charge is 0.306 e. The fraction of sp³-hybridized carbons (Fsp3) is 0.481. The maximum atomic E-state index is 11.6. The first-order valence-electron chi connectivity index (χ1n) is 12.9. The second kappa shape index (κ2) is 12.8. The number of carbonyl (C=O) groups is 1. The summed E-state index contributed by atoms with van der Waals surface area (Å²) in [4.78, 5) is 20.6. The Morgan fingerprint density at radius 1 is 1.18 bits per heavy atom. The van der Waals surface area contributed by atoms with Crippen LogP contribution in [0.25, 0.3) is 11.1 Å². The van der Waals surface area contributed by atoms with Gasteiger partial charge in [-0.2, -0.15) is 4.98 Å². The fourth-order valence-electron chi connectivity index (χ4n) is 4.27. The number of hydrogen-bond acceptors (Lipinski definition) is 9. The van der Waals surface area contributed by atoms with Gasteiger partial charge in [-0.3, -0.25) is 4.79 Å². The van der Waals surface area contributed by atoms with Crippen molar-refractivity contribution in [2.75, 3.05) is 31.9 Å². The maximum Gasteiger partial charge on any atom is 0.306 e. The number of aromatic nitrogens is 4. The summed E-state index contributed by atoms with van der Waals surface area (Å²) >= 11 is 1.43. The number of esters is 1. The summed E-state index contributed by atoms with van der Waals surface area (Å²) in [5, 5.41) is 8.90. The first-order valence-corrected chi connectivity index (χ1v) is 17.6. The van der Waals surface area contributed by atoms with Crippen LogP contribution in [0.4, 0.5) is 11.6 Å². The molecule has 0 fully saturated rings. The molecule has 204 valence electrons. The van der Waals surface area contributed by atoms with Crippen molar-refractivity contribution in [2.45, 2.75) is 63.3 Å². The number of pyridine rings is 1. The van der Waals surface area contributed by atoms with E-state index in [0.717, 1.165) is 42.1 Å². The number of rotatable bonds is 13. The molecule has 1 N–H and O–H groups in total. The van der Waals surface area contributed by atoms with Crippen LogP contribution in [0.3, 0.4) is 0 Å². The average Bonchev–Trinajstić information content (AvgIpc) is 3.53. The monoisotopic (exact) mass is 555 g/mol. The Bertz CT molecular complexity index is 1260. The number of methoxy groups -OCH3 is 2. The lowest BCUT2D eigenvalue weighted by Gasteiger charge is -2.18. The third-order valence-electron chi connectivity index (χ3n) is 6.40. The number of anilines is 2. The van der Waals surface area contributed by atoms with Gasteiger partial charge in [0.1, 0.15) is 6.73 Å². The van der Waals surface area contributed by atoms with Crippen molar-refractivity contribution in [3.05, 3.63) is 41.6 Å². The lowest BCUT2D eigenvalue weighted by molar-refractivity contribution is -0.140. The quantitative estimate of drug-likeness (QED) is 0.126. The minimum Gasteiger partial charge on any atom is -0.481 e. The Hall–Kier alpha value is -2.89. The molecule has 0 bridgehead atoms. The van der Waals surface area contributed by atoms with Gasteiger partial charge >= 0.3 is 5.97 Å². The second-order valence-electron chi connectivity index (χ2n) is 10.4. The molecule has 1 aromatic carbocycles. The molecule has 3 aromatic rings. The SMILES string of the molecule is COC(=O)CCSc1nc(Nc2c(-c3ccnc(OC)c3)ccc3c2CCC3)n(COCC[Si](C)(C)C)n1. The number of ether oxygens (including phenoxy) is 3. The first kappa shape index (κ1) is 28.1. The van der Waals surface area contributed by atoms with Gasteiger partial charge in [0.05, 0.1) is 26.3 Å². The van der Waals surface area contributed by atoms with Crippen LogP contribution in [0.2, 0.25) is 25.7 Å². The van der Waals surface area contributed by atoms with Crippen LogP contribution in [0.15, 0.2) is 35.6 Å². The van der Waals surface area contributed by atoms with E-state index in [-0.39, 0.29) is 5.97 Å². The molecule has 0 spiro atoms. The molecule has 0 atom stereocenters. The van der Waals surface area contributed by atoms with Crippen LogP contribution in [-0.4, -0.2) is 60.4 Å². The molecule has 0 saturated carbocycles. The Morgan fingerprint density at radius 2 is 2.03 bits per heavy atom. The molecule has 4 rings (SSSR count). The molecule has 0 radical (unpaired) electrons. The summed E-state index contributed by atoms with van der Waals surface area (Å²) in [7, 11) is 1.81. The molecule has 2 heterocycles. The Kier molecular flexibility index (Phi) is 9.45. The Morgan fingerprint density at radius 3 is 2.79 bits per heavy atom. The molecular weight excluding hydrogens is 518 g/mol. The molecule has 9 nitrogen and oxygen atoms in total. The lowest BCUT2D eigenvalue weighted by Crippen LogP contribution is -2.22. The molecule has 0 aliphatic heterocycles. The van der Waals surface area contributed by atoms with E-state index in [1.807, 2.05) is 12.1 Å². The van der Waals surface area contributed by atoms with E-state index in [0.29, 0.717) is 42.5 Å². The van der Waals surface area contributed by atoms with E-state index < -0.39 is 8.07 Å². The summed E-state index contributed by atoms with van der Waals surface area (Å²) in [5.74, 6) is 1.47. The highest BCUT2D eigenvalue weighted by Crippen LogP contribution is 2.39. The minimum absolute atomic E-state index is 0.248. The fourth-order valence-corrected chi connectivity index (χ4v) is 5.79. The van der Waals surface area contributed by atoms with E-state index in [9.17, 15) is 4.79 Å². The van der Waals surface area contributed by atoms with Crippen molar-refractivity contribution in [1.29, 1.82) is 0 Å². The highest BCUT2D eigenvalue weighted by atomic mass is 32.2. The van der Waals surface area contributed by atoms with Crippen molar-refractivity contribution in [3.63, 3.8) is 0 Å². The van der Waals surface area contributed by atoms with E-state index >= 15 is 0 Å². The largest absolute Gasteiger partial charge is 0.481 e. The van der Waals surface area contributed by atoms with Crippen molar-refractivity contribution >= 4 is 37.4 Å². The molecule has 38 heavy (non-hydrogen) atoms. The summed E-state index contributed by atoms with van der Waals surface area (Å²) in [6.45, 7) is 7.98. The maximum absolute atomic E-state index is 11.6. The molecule has 11 heteroatoms. The minimum atomic E-state index is -1.21. The molecule has 0 unspecified atom stereocenters. The zero-order chi connectivity index (χ0) is 27.1. The lowest BCUT2D eigenvalue weighted by atomic mass is 9.98. The number of nitrogens with zero attached hydrogens (tertiary/aromatic N) is 4. The average molecular weight is 556 g/mol. The van der Waals surface area contributed by atoms with Crippen LogP contribution in [-0.2, 0) is 33.8 Å². The third kappa shape index (κ3) is 7.36. The van der Waals surface area contributed by atoms with E-state index in [4.69, 9.17) is 24.3 Å². The van der Waals surface area contributed by atoms with Crippen molar-refractivity contribution in [2.24, 2.45) is 0 Å². The summed E-state index contributed by atoms with van der Waals surface area (Å²) < 4.78 is 18.0. The number of nitrogens with one attached hydrogen (secondary N) is 1.